The molecule has 1 amide bonds. The molecule has 29 heavy (non-hydrogen) atoms. The Morgan fingerprint density at radius 3 is 2.79 bits per heavy atom. The predicted octanol–water partition coefficient (Wildman–Crippen LogP) is 3.64. The van der Waals surface area contributed by atoms with Gasteiger partial charge in [-0.3, -0.25) is 19.7 Å². The molecule has 0 bridgehead atoms. The van der Waals surface area contributed by atoms with Gasteiger partial charge in [0.15, 0.2) is 17.0 Å². The maximum Gasteiger partial charge on any atom is 0.230 e. The van der Waals surface area contributed by atoms with Crippen LogP contribution in [0.2, 0.25) is 0 Å². The zero-order chi connectivity index (χ0) is 19.8. The van der Waals surface area contributed by atoms with Gasteiger partial charge in [0.05, 0.1) is 17.4 Å². The lowest BCUT2D eigenvalue weighted by Crippen LogP contribution is -2.21. The molecule has 144 valence electrons. The van der Waals surface area contributed by atoms with Crippen LogP contribution in [0.25, 0.3) is 22.4 Å². The van der Waals surface area contributed by atoms with Crippen molar-refractivity contribution in [3.63, 3.8) is 0 Å². The van der Waals surface area contributed by atoms with Crippen molar-refractivity contribution < 1.29 is 9.21 Å². The summed E-state index contributed by atoms with van der Waals surface area (Å²) in [4.78, 5) is 30.1. The normalized spacial score (nSPS) is 13.5. The van der Waals surface area contributed by atoms with Crippen LogP contribution in [0.4, 0.5) is 5.82 Å². The van der Waals surface area contributed by atoms with E-state index in [2.05, 4.69) is 20.5 Å². The van der Waals surface area contributed by atoms with E-state index >= 15 is 0 Å². The highest BCUT2D eigenvalue weighted by atomic mass is 16.3. The lowest BCUT2D eigenvalue weighted by atomic mass is 10.0. The Bertz CT molecular complexity index is 1260. The number of carbonyl (C=O) groups excluding carboxylic acids is 1. The average molecular weight is 386 g/mol. The molecule has 0 aliphatic heterocycles. The largest absolute Gasteiger partial charge is 0.454 e. The number of carbonyl (C=O) groups is 1. The summed E-state index contributed by atoms with van der Waals surface area (Å²) in [5.74, 6) is 0.946. The molecule has 1 aliphatic carbocycles. The summed E-state index contributed by atoms with van der Waals surface area (Å²) in [7, 11) is 0. The number of hydrogen-bond acceptors (Lipinski definition) is 5. The van der Waals surface area contributed by atoms with E-state index in [1.165, 1.54) is 0 Å². The van der Waals surface area contributed by atoms with Gasteiger partial charge in [0.1, 0.15) is 11.3 Å². The number of pyridine rings is 1. The van der Waals surface area contributed by atoms with Crippen LogP contribution in [0.3, 0.4) is 0 Å². The lowest BCUT2D eigenvalue weighted by molar-refractivity contribution is -0.115. The number of benzene rings is 1. The Kier molecular flexibility index (Phi) is 4.20. The van der Waals surface area contributed by atoms with Gasteiger partial charge in [-0.05, 0) is 37.1 Å². The Labute approximate surface area is 165 Å². The minimum atomic E-state index is -0.335. The average Bonchev–Trinajstić information content (AvgIpc) is 3.50. The molecule has 7 heteroatoms. The van der Waals surface area contributed by atoms with E-state index in [0.717, 1.165) is 18.5 Å². The van der Waals surface area contributed by atoms with Crippen LogP contribution in [0.5, 0.6) is 0 Å². The quantitative estimate of drug-likeness (QED) is 0.545. The molecule has 0 saturated heterocycles. The minimum absolute atomic E-state index is 0.134. The number of fused-ring (bicyclic) bond motifs is 1. The van der Waals surface area contributed by atoms with Crippen molar-refractivity contribution in [2.45, 2.75) is 25.2 Å². The molecule has 0 radical (unpaired) electrons. The fourth-order valence-corrected chi connectivity index (χ4v) is 3.40. The monoisotopic (exact) mass is 386 g/mol. The zero-order valence-corrected chi connectivity index (χ0v) is 15.5. The van der Waals surface area contributed by atoms with E-state index < -0.39 is 0 Å². The van der Waals surface area contributed by atoms with Crippen LogP contribution in [0.1, 0.15) is 30.0 Å². The summed E-state index contributed by atoms with van der Waals surface area (Å²) >= 11 is 0. The van der Waals surface area contributed by atoms with Gasteiger partial charge in [0.2, 0.25) is 5.91 Å². The van der Waals surface area contributed by atoms with Gasteiger partial charge in [-0.25, -0.2) is 0 Å². The maximum absolute atomic E-state index is 13.1. The minimum Gasteiger partial charge on any atom is -0.454 e. The first-order valence-electron chi connectivity index (χ1n) is 9.50. The number of aromatic amines is 1. The third-order valence-corrected chi connectivity index (χ3v) is 5.01. The van der Waals surface area contributed by atoms with E-state index in [1.54, 1.807) is 42.6 Å². The molecule has 4 aromatic rings. The standard InChI is InChI=1S/C22H18N4O3/c27-20(24-19-12-17(25-26-19)13-8-9-13)11-15-21(28)14-5-1-2-7-18(14)29-22(15)16-6-3-4-10-23-16/h1-7,10,12-13H,8-9,11H2,(H2,24,25,26,27). The SMILES string of the molecule is O=C(Cc1c(-c2ccccn2)oc2ccccc2c1=O)Nc1cc(C2CC2)[nH]n1. The first-order chi connectivity index (χ1) is 14.2. The van der Waals surface area contributed by atoms with Crippen LogP contribution < -0.4 is 10.7 Å². The molecule has 7 nitrogen and oxygen atoms in total. The van der Waals surface area contributed by atoms with E-state index in [9.17, 15) is 9.59 Å². The Balaban J connectivity index is 1.51. The lowest BCUT2D eigenvalue weighted by Gasteiger charge is -2.09. The molecule has 1 aliphatic rings. The van der Waals surface area contributed by atoms with E-state index in [0.29, 0.717) is 34.2 Å². The van der Waals surface area contributed by atoms with Crippen LogP contribution in [-0.2, 0) is 11.2 Å². The molecule has 0 atom stereocenters. The highest BCUT2D eigenvalue weighted by Gasteiger charge is 2.26. The highest BCUT2D eigenvalue weighted by Crippen LogP contribution is 2.39. The smallest absolute Gasteiger partial charge is 0.230 e. The van der Waals surface area contributed by atoms with E-state index in [1.807, 2.05) is 12.1 Å². The number of nitrogens with zero attached hydrogens (tertiary/aromatic N) is 2. The zero-order valence-electron chi connectivity index (χ0n) is 15.5. The predicted molar refractivity (Wildman–Crippen MR) is 109 cm³/mol. The maximum atomic E-state index is 13.1. The van der Waals surface area contributed by atoms with Crippen LogP contribution in [-0.4, -0.2) is 21.1 Å². The molecule has 0 unspecified atom stereocenters. The van der Waals surface area contributed by atoms with Crippen molar-refractivity contribution in [1.82, 2.24) is 15.2 Å². The van der Waals surface area contributed by atoms with Crippen molar-refractivity contribution in [1.29, 1.82) is 0 Å². The van der Waals surface area contributed by atoms with Crippen LogP contribution >= 0.6 is 0 Å². The molecule has 2 N–H and O–H groups in total. The summed E-state index contributed by atoms with van der Waals surface area (Å²) in [6.07, 6.45) is 3.77. The van der Waals surface area contributed by atoms with Gasteiger partial charge < -0.3 is 9.73 Å². The second-order valence-corrected chi connectivity index (χ2v) is 7.16. The fraction of sp³-hybridized carbons (Fsp3) is 0.182. The van der Waals surface area contributed by atoms with Crippen LogP contribution in [0.15, 0.2) is 63.9 Å². The van der Waals surface area contributed by atoms with Gasteiger partial charge >= 0.3 is 0 Å². The van der Waals surface area contributed by atoms with Gasteiger partial charge in [-0.15, -0.1) is 0 Å². The molecular weight excluding hydrogens is 368 g/mol. The molecule has 1 aromatic carbocycles. The molecule has 3 heterocycles. The first-order valence-corrected chi connectivity index (χ1v) is 9.50. The Morgan fingerprint density at radius 2 is 2.00 bits per heavy atom. The molecular formula is C22H18N4O3. The Hall–Kier alpha value is -3.74. The van der Waals surface area contributed by atoms with Crippen LogP contribution in [0, 0.1) is 0 Å². The second kappa shape index (κ2) is 7.01. The van der Waals surface area contributed by atoms with Crippen molar-refractivity contribution >= 4 is 22.7 Å². The summed E-state index contributed by atoms with van der Waals surface area (Å²) in [6, 6.07) is 14.2. The summed E-state index contributed by atoms with van der Waals surface area (Å²) in [5.41, 5.74) is 2.04. The van der Waals surface area contributed by atoms with E-state index in [4.69, 9.17) is 4.42 Å². The van der Waals surface area contributed by atoms with Gasteiger partial charge in [0.25, 0.3) is 0 Å². The molecule has 0 spiro atoms. The van der Waals surface area contributed by atoms with Crippen molar-refractivity contribution in [2.75, 3.05) is 5.32 Å². The number of para-hydroxylation sites is 1. The number of nitrogens with one attached hydrogen (secondary N) is 2. The topological polar surface area (TPSA) is 101 Å². The Morgan fingerprint density at radius 1 is 1.17 bits per heavy atom. The second-order valence-electron chi connectivity index (χ2n) is 7.16. The van der Waals surface area contributed by atoms with Crippen molar-refractivity contribution in [2.24, 2.45) is 0 Å². The van der Waals surface area contributed by atoms with Gasteiger partial charge in [-0.1, -0.05) is 18.2 Å². The summed E-state index contributed by atoms with van der Waals surface area (Å²) in [6.45, 7) is 0. The molecule has 1 fully saturated rings. The first kappa shape index (κ1) is 17.4. The third kappa shape index (κ3) is 3.42. The third-order valence-electron chi connectivity index (χ3n) is 5.01. The number of rotatable bonds is 5. The van der Waals surface area contributed by atoms with Crippen molar-refractivity contribution in [3.05, 3.63) is 76.2 Å². The summed E-state index contributed by atoms with van der Waals surface area (Å²) in [5, 5.41) is 10.3. The van der Waals surface area contributed by atoms with E-state index in [-0.39, 0.29) is 23.3 Å². The highest BCUT2D eigenvalue weighted by molar-refractivity contribution is 5.93. The molecule has 3 aromatic heterocycles. The fourth-order valence-electron chi connectivity index (χ4n) is 3.40. The number of H-pyrrole nitrogens is 1. The van der Waals surface area contributed by atoms with Gasteiger partial charge in [-0.2, -0.15) is 5.10 Å². The number of hydrogen-bond donors (Lipinski definition) is 2. The van der Waals surface area contributed by atoms with Crippen molar-refractivity contribution in [3.8, 4) is 11.5 Å². The number of amides is 1. The number of aromatic nitrogens is 3. The molecule has 5 rings (SSSR count). The summed E-state index contributed by atoms with van der Waals surface area (Å²) < 4.78 is 5.99. The van der Waals surface area contributed by atoms with Gasteiger partial charge in [0, 0.05) is 23.9 Å². The molecule has 1 saturated carbocycles. The number of anilines is 1.